The quantitative estimate of drug-likeness (QED) is 0.0985. The van der Waals surface area contributed by atoms with Crippen LogP contribution in [0.3, 0.4) is 0 Å². The summed E-state index contributed by atoms with van der Waals surface area (Å²) in [5.41, 5.74) is 1.31. The minimum Gasteiger partial charge on any atom is -0.493 e. The van der Waals surface area contributed by atoms with Gasteiger partial charge in [-0.1, -0.05) is 105 Å². The molecule has 8 nitrogen and oxygen atoms in total. The zero-order valence-electron chi connectivity index (χ0n) is 28.5. The summed E-state index contributed by atoms with van der Waals surface area (Å²) in [4.78, 5) is 29.0. The summed E-state index contributed by atoms with van der Waals surface area (Å²) in [6.07, 6.45) is 17.9. The van der Waals surface area contributed by atoms with Gasteiger partial charge in [0.15, 0.2) is 5.69 Å². The highest BCUT2D eigenvalue weighted by atomic mass is 16.3. The largest absolute Gasteiger partial charge is 0.493 e. The number of pyridine rings is 1. The van der Waals surface area contributed by atoms with Crippen LogP contribution in [0.15, 0.2) is 39.3 Å². The number of rotatable bonds is 23. The van der Waals surface area contributed by atoms with Gasteiger partial charge in [0.05, 0.1) is 5.69 Å². The van der Waals surface area contributed by atoms with E-state index in [0.717, 1.165) is 58.0 Å². The van der Waals surface area contributed by atoms with Crippen molar-refractivity contribution in [3.05, 3.63) is 51.3 Å². The molecule has 0 saturated carbocycles. The minimum absolute atomic E-state index is 0.0402. The molecule has 1 amide bonds. The highest BCUT2D eigenvalue weighted by molar-refractivity contribution is 5.94. The fraction of sp³-hybridized carbons (Fsp3) is 0.649. The van der Waals surface area contributed by atoms with E-state index >= 15 is 0 Å². The number of carbonyl (C=O) groups excluding carboxylic acids is 1. The Balaban J connectivity index is 2.25. The lowest BCUT2D eigenvalue weighted by molar-refractivity contribution is 0.0749. The summed E-state index contributed by atoms with van der Waals surface area (Å²) in [6.45, 7) is 10.3. The van der Waals surface area contributed by atoms with Gasteiger partial charge in [-0.25, -0.2) is 0 Å². The van der Waals surface area contributed by atoms with Crippen LogP contribution in [0.5, 0.6) is 5.88 Å². The van der Waals surface area contributed by atoms with Gasteiger partial charge in [0.1, 0.15) is 11.6 Å². The van der Waals surface area contributed by atoms with Crippen LogP contribution in [0, 0.1) is 11.3 Å². The van der Waals surface area contributed by atoms with E-state index in [2.05, 4.69) is 30.1 Å². The summed E-state index contributed by atoms with van der Waals surface area (Å²) in [5.74, 6) is -0.256. The number of hydrogen-bond donors (Lipinski definition) is 1. The molecule has 0 fully saturated rings. The summed E-state index contributed by atoms with van der Waals surface area (Å²) in [7, 11) is 0. The van der Waals surface area contributed by atoms with E-state index in [1.165, 1.54) is 55.9 Å². The molecule has 45 heavy (non-hydrogen) atoms. The lowest BCUT2D eigenvalue weighted by Gasteiger charge is -2.23. The molecule has 2 rings (SSSR count). The van der Waals surface area contributed by atoms with Crippen LogP contribution < -0.4 is 5.56 Å². The van der Waals surface area contributed by atoms with E-state index in [-0.39, 0.29) is 23.0 Å². The molecule has 8 heteroatoms. The molecule has 0 aliphatic rings. The van der Waals surface area contributed by atoms with Gasteiger partial charge >= 0.3 is 0 Å². The van der Waals surface area contributed by atoms with Crippen LogP contribution >= 0.6 is 0 Å². The fourth-order valence-corrected chi connectivity index (χ4v) is 5.52. The maximum atomic E-state index is 13.6. The molecule has 0 saturated heterocycles. The molecular formula is C37H57N5O3. The highest BCUT2D eigenvalue weighted by Crippen LogP contribution is 2.29. The maximum absolute atomic E-state index is 13.6. The number of carbonyl (C=O) groups is 1. The van der Waals surface area contributed by atoms with Gasteiger partial charge in [-0.2, -0.15) is 10.4 Å². The molecule has 0 radical (unpaired) electrons. The predicted molar refractivity (Wildman–Crippen MR) is 184 cm³/mol. The second kappa shape index (κ2) is 22.1. The zero-order chi connectivity index (χ0) is 32.9. The number of amides is 1. The van der Waals surface area contributed by atoms with E-state index in [1.54, 1.807) is 24.3 Å². The molecule has 0 aliphatic heterocycles. The summed E-state index contributed by atoms with van der Waals surface area (Å²) >= 11 is 0. The Morgan fingerprint density at radius 2 is 1.31 bits per heavy atom. The van der Waals surface area contributed by atoms with Crippen molar-refractivity contribution in [3.8, 4) is 11.9 Å². The third kappa shape index (κ3) is 12.4. The number of nitriles is 1. The van der Waals surface area contributed by atoms with E-state index < -0.39 is 5.56 Å². The molecule has 0 unspecified atom stereocenters. The van der Waals surface area contributed by atoms with Crippen LogP contribution in [-0.4, -0.2) is 33.6 Å². The molecule has 0 atom stereocenters. The van der Waals surface area contributed by atoms with Crippen molar-refractivity contribution in [1.29, 1.82) is 5.26 Å². The Labute approximate surface area is 271 Å². The number of hydrogen-bond acceptors (Lipinski definition) is 6. The predicted octanol–water partition coefficient (Wildman–Crippen LogP) is 10.1. The van der Waals surface area contributed by atoms with Crippen molar-refractivity contribution < 1.29 is 9.90 Å². The van der Waals surface area contributed by atoms with E-state index in [9.17, 15) is 20.0 Å². The van der Waals surface area contributed by atoms with Crippen molar-refractivity contribution in [1.82, 2.24) is 9.47 Å². The van der Waals surface area contributed by atoms with Crippen LogP contribution in [0.1, 0.15) is 152 Å². The number of nitrogens with zero attached hydrogens (tertiary/aromatic N) is 5. The van der Waals surface area contributed by atoms with E-state index in [1.807, 2.05) is 18.7 Å². The molecule has 1 heterocycles. The smallest absolute Gasteiger partial charge is 0.281 e. The number of aromatic hydroxyl groups is 1. The van der Waals surface area contributed by atoms with Crippen LogP contribution in [0.25, 0.3) is 0 Å². The average molecular weight is 620 g/mol. The van der Waals surface area contributed by atoms with Gasteiger partial charge in [0, 0.05) is 30.8 Å². The number of azo groups is 1. The fourth-order valence-electron chi connectivity index (χ4n) is 5.52. The molecule has 1 aromatic carbocycles. The Bertz CT molecular complexity index is 1260. The zero-order valence-corrected chi connectivity index (χ0v) is 28.5. The number of benzene rings is 1. The molecular weight excluding hydrogens is 562 g/mol. The van der Waals surface area contributed by atoms with Gasteiger partial charge in [0.2, 0.25) is 5.88 Å². The lowest BCUT2D eigenvalue weighted by Crippen LogP contribution is -2.33. The van der Waals surface area contributed by atoms with E-state index in [4.69, 9.17) is 0 Å². The standard InChI is InChI=1S/C37H57N5O3/c1-5-9-13-15-17-19-26-41(27-20-18-16-14-10-6-2)35(43)30-22-24-31(25-23-30)39-40-34-32(21-11-7-3)33(29-38)36(44)42(37(34)45)28-12-8-4/h22-25,44H,5-21,26-28H2,1-4H3. The van der Waals surface area contributed by atoms with Crippen LogP contribution in [0.2, 0.25) is 0 Å². The first-order valence-electron chi connectivity index (χ1n) is 17.6. The third-order valence-corrected chi connectivity index (χ3v) is 8.37. The molecule has 248 valence electrons. The topological polar surface area (TPSA) is 111 Å². The third-order valence-electron chi connectivity index (χ3n) is 8.37. The maximum Gasteiger partial charge on any atom is 0.281 e. The second-order valence-electron chi connectivity index (χ2n) is 12.1. The minimum atomic E-state index is -0.443. The van der Waals surface area contributed by atoms with Crippen molar-refractivity contribution in [2.24, 2.45) is 10.2 Å². The first-order valence-corrected chi connectivity index (χ1v) is 17.6. The van der Waals surface area contributed by atoms with Gasteiger partial charge < -0.3 is 10.0 Å². The lowest BCUT2D eigenvalue weighted by atomic mass is 10.0. The number of aromatic nitrogens is 1. The monoisotopic (exact) mass is 619 g/mol. The molecule has 2 aromatic rings. The Morgan fingerprint density at radius 3 is 1.84 bits per heavy atom. The van der Waals surface area contributed by atoms with Gasteiger partial charge in [-0.3, -0.25) is 14.2 Å². The van der Waals surface area contributed by atoms with Crippen molar-refractivity contribution in [3.63, 3.8) is 0 Å². The summed E-state index contributed by atoms with van der Waals surface area (Å²) in [6, 6.07) is 9.14. The Hall–Kier alpha value is -3.47. The average Bonchev–Trinajstić information content (AvgIpc) is 3.05. The molecule has 1 aromatic heterocycles. The van der Waals surface area contributed by atoms with Crippen molar-refractivity contribution in [2.45, 2.75) is 143 Å². The Morgan fingerprint density at radius 1 is 0.778 bits per heavy atom. The van der Waals surface area contributed by atoms with Crippen molar-refractivity contribution in [2.75, 3.05) is 13.1 Å². The van der Waals surface area contributed by atoms with Crippen molar-refractivity contribution >= 4 is 17.3 Å². The summed E-state index contributed by atoms with van der Waals surface area (Å²) < 4.78 is 1.23. The second-order valence-corrected chi connectivity index (χ2v) is 12.1. The SMILES string of the molecule is CCCCCCCCN(CCCCCCCC)C(=O)c1ccc(N=Nc2c(CCCC)c(C#N)c(O)n(CCCC)c2=O)cc1. The molecule has 0 aliphatic carbocycles. The first kappa shape index (κ1) is 37.7. The van der Waals surface area contributed by atoms with E-state index in [0.29, 0.717) is 36.2 Å². The summed E-state index contributed by atoms with van der Waals surface area (Å²) in [5, 5.41) is 29.3. The van der Waals surface area contributed by atoms with Gasteiger partial charge in [-0.05, 0) is 56.4 Å². The molecule has 0 spiro atoms. The van der Waals surface area contributed by atoms with Gasteiger partial charge in [-0.15, -0.1) is 5.11 Å². The highest BCUT2D eigenvalue weighted by Gasteiger charge is 2.21. The van der Waals surface area contributed by atoms with Crippen LogP contribution in [-0.2, 0) is 13.0 Å². The Kier molecular flexibility index (Phi) is 18.5. The van der Waals surface area contributed by atoms with Gasteiger partial charge in [0.25, 0.3) is 11.5 Å². The number of unbranched alkanes of at least 4 members (excludes halogenated alkanes) is 12. The first-order chi connectivity index (χ1) is 21.9. The molecule has 1 N–H and O–H groups in total. The normalized spacial score (nSPS) is 11.3. The molecule has 0 bridgehead atoms. The van der Waals surface area contributed by atoms with Crippen LogP contribution in [0.4, 0.5) is 11.4 Å².